The van der Waals surface area contributed by atoms with Gasteiger partial charge in [-0.1, -0.05) is 0 Å². The molecule has 1 aliphatic rings. The van der Waals surface area contributed by atoms with Gasteiger partial charge >= 0.3 is 5.97 Å². The first-order valence-corrected chi connectivity index (χ1v) is 6.78. The molecule has 6 heteroatoms. The molecule has 0 aliphatic carbocycles. The summed E-state index contributed by atoms with van der Waals surface area (Å²) < 4.78 is 5.31. The second-order valence-corrected chi connectivity index (χ2v) is 6.37. The average Bonchev–Trinajstić information content (AvgIpc) is 2.85. The van der Waals surface area contributed by atoms with E-state index in [1.807, 2.05) is 32.5 Å². The van der Waals surface area contributed by atoms with E-state index in [-0.39, 0.29) is 5.25 Å². The van der Waals surface area contributed by atoms with Crippen molar-refractivity contribution in [3.05, 3.63) is 11.4 Å². The summed E-state index contributed by atoms with van der Waals surface area (Å²) >= 11 is 1.82. The second kappa shape index (κ2) is 4.68. The van der Waals surface area contributed by atoms with Gasteiger partial charge in [0.05, 0.1) is 5.25 Å². The maximum atomic E-state index is 11.9. The molecule has 1 unspecified atom stereocenters. The van der Waals surface area contributed by atoms with Gasteiger partial charge in [0.2, 0.25) is 0 Å². The van der Waals surface area contributed by atoms with E-state index in [0.29, 0.717) is 5.69 Å². The number of thioether (sulfide) groups is 1. The summed E-state index contributed by atoms with van der Waals surface area (Å²) in [6.07, 6.45) is 2.21. The minimum Gasteiger partial charge on any atom is -0.455 e. The van der Waals surface area contributed by atoms with Crippen molar-refractivity contribution in [2.45, 2.75) is 44.5 Å². The van der Waals surface area contributed by atoms with Crippen LogP contribution in [-0.4, -0.2) is 32.7 Å². The zero-order valence-electron chi connectivity index (χ0n) is 10.3. The Morgan fingerprint density at radius 1 is 1.47 bits per heavy atom. The Kier molecular flexibility index (Phi) is 3.42. The minimum absolute atomic E-state index is 0.274. The van der Waals surface area contributed by atoms with Gasteiger partial charge in [0.15, 0.2) is 5.69 Å². The summed E-state index contributed by atoms with van der Waals surface area (Å²) in [6, 6.07) is 0. The summed E-state index contributed by atoms with van der Waals surface area (Å²) in [5.74, 6) is 0.722. The Balaban J connectivity index is 2.15. The monoisotopic (exact) mass is 255 g/mol. The van der Waals surface area contributed by atoms with Gasteiger partial charge in [0.25, 0.3) is 0 Å². The first-order chi connectivity index (χ1) is 7.97. The first kappa shape index (κ1) is 12.4. The molecule has 2 heterocycles. The van der Waals surface area contributed by atoms with Crippen molar-refractivity contribution in [1.82, 2.24) is 15.4 Å². The van der Waals surface area contributed by atoms with Gasteiger partial charge in [-0.15, -0.1) is 5.10 Å². The molecule has 94 valence electrons. The number of nitrogens with one attached hydrogen (secondary N) is 1. The average molecular weight is 255 g/mol. The molecule has 17 heavy (non-hydrogen) atoms. The topological polar surface area (TPSA) is 67.9 Å². The maximum Gasteiger partial charge on any atom is 0.361 e. The van der Waals surface area contributed by atoms with Crippen LogP contribution in [0.5, 0.6) is 0 Å². The third-order valence-corrected chi connectivity index (χ3v) is 3.79. The molecule has 0 amide bonds. The number of rotatable bonds is 2. The molecule has 1 aromatic rings. The van der Waals surface area contributed by atoms with E-state index in [0.717, 1.165) is 24.3 Å². The highest BCUT2D eigenvalue weighted by atomic mass is 32.2. The van der Waals surface area contributed by atoms with Crippen LogP contribution in [0.25, 0.3) is 0 Å². The number of H-pyrrole nitrogens is 1. The fourth-order valence-electron chi connectivity index (χ4n) is 1.73. The SMILES string of the molecule is CC(C)(C)OC(=O)c1n[nH]nc1C1CCCS1. The number of ether oxygens (including phenoxy) is 1. The van der Waals surface area contributed by atoms with Crippen molar-refractivity contribution >= 4 is 17.7 Å². The van der Waals surface area contributed by atoms with E-state index in [9.17, 15) is 4.79 Å². The smallest absolute Gasteiger partial charge is 0.361 e. The molecule has 2 rings (SSSR count). The lowest BCUT2D eigenvalue weighted by Crippen LogP contribution is -2.25. The molecular formula is C11H17N3O2S. The van der Waals surface area contributed by atoms with Gasteiger partial charge in [-0.05, 0) is 39.4 Å². The Labute approximate surface area is 105 Å². The van der Waals surface area contributed by atoms with E-state index >= 15 is 0 Å². The van der Waals surface area contributed by atoms with Crippen LogP contribution in [0.1, 0.15) is 55.0 Å². The largest absolute Gasteiger partial charge is 0.455 e. The van der Waals surface area contributed by atoms with Gasteiger partial charge in [0, 0.05) is 0 Å². The number of nitrogens with zero attached hydrogens (tertiary/aromatic N) is 2. The lowest BCUT2D eigenvalue weighted by Gasteiger charge is -2.19. The molecule has 1 atom stereocenters. The van der Waals surface area contributed by atoms with E-state index in [1.54, 1.807) is 0 Å². The number of esters is 1. The van der Waals surface area contributed by atoms with Gasteiger partial charge in [0.1, 0.15) is 11.3 Å². The second-order valence-electron chi connectivity index (χ2n) is 5.06. The van der Waals surface area contributed by atoms with Crippen molar-refractivity contribution in [3.8, 4) is 0 Å². The molecule has 1 N–H and O–H groups in total. The standard InChI is InChI=1S/C11H17N3O2S/c1-11(2,3)16-10(15)9-8(12-14-13-9)7-5-4-6-17-7/h7H,4-6H2,1-3H3,(H,12,13,14). The Morgan fingerprint density at radius 2 is 2.24 bits per heavy atom. The highest BCUT2D eigenvalue weighted by Gasteiger charge is 2.29. The fraction of sp³-hybridized carbons (Fsp3) is 0.727. The molecule has 1 fully saturated rings. The number of aromatic amines is 1. The van der Waals surface area contributed by atoms with Crippen LogP contribution in [0.4, 0.5) is 0 Å². The van der Waals surface area contributed by atoms with E-state index in [2.05, 4.69) is 15.4 Å². The summed E-state index contributed by atoms with van der Waals surface area (Å²) in [5, 5.41) is 10.8. The number of carbonyl (C=O) groups excluding carboxylic acids is 1. The predicted octanol–water partition coefficient (Wildman–Crippen LogP) is 2.33. The molecule has 1 aliphatic heterocycles. The van der Waals surface area contributed by atoms with Crippen LogP contribution in [0, 0.1) is 0 Å². The number of hydrogen-bond donors (Lipinski definition) is 1. The van der Waals surface area contributed by atoms with Crippen molar-refractivity contribution in [3.63, 3.8) is 0 Å². The number of carbonyl (C=O) groups is 1. The van der Waals surface area contributed by atoms with Gasteiger partial charge in [-0.25, -0.2) is 4.79 Å². The zero-order valence-corrected chi connectivity index (χ0v) is 11.1. The molecule has 0 bridgehead atoms. The van der Waals surface area contributed by atoms with Crippen LogP contribution in [0.15, 0.2) is 0 Å². The van der Waals surface area contributed by atoms with Crippen molar-refractivity contribution in [1.29, 1.82) is 0 Å². The van der Waals surface area contributed by atoms with Crippen molar-refractivity contribution < 1.29 is 9.53 Å². The van der Waals surface area contributed by atoms with Crippen molar-refractivity contribution in [2.75, 3.05) is 5.75 Å². The molecule has 5 nitrogen and oxygen atoms in total. The molecule has 0 saturated carbocycles. The maximum absolute atomic E-state index is 11.9. The minimum atomic E-state index is -0.504. The van der Waals surface area contributed by atoms with Crippen LogP contribution in [-0.2, 0) is 4.74 Å². The summed E-state index contributed by atoms with van der Waals surface area (Å²) in [4.78, 5) is 11.9. The van der Waals surface area contributed by atoms with Crippen LogP contribution < -0.4 is 0 Å². The molecule has 1 saturated heterocycles. The lowest BCUT2D eigenvalue weighted by molar-refractivity contribution is 0.00615. The van der Waals surface area contributed by atoms with Gasteiger partial charge in [-0.2, -0.15) is 22.1 Å². The molecule has 0 radical (unpaired) electrons. The zero-order chi connectivity index (χ0) is 12.5. The number of aromatic nitrogens is 3. The molecule has 0 aromatic carbocycles. The Bertz CT molecular complexity index is 405. The third-order valence-electron chi connectivity index (χ3n) is 2.40. The Morgan fingerprint density at radius 3 is 2.82 bits per heavy atom. The fourth-order valence-corrected chi connectivity index (χ4v) is 3.01. The van der Waals surface area contributed by atoms with E-state index in [1.165, 1.54) is 0 Å². The summed E-state index contributed by atoms with van der Waals surface area (Å²) in [6.45, 7) is 5.53. The molecular weight excluding hydrogens is 238 g/mol. The number of hydrogen-bond acceptors (Lipinski definition) is 5. The van der Waals surface area contributed by atoms with Crippen LogP contribution in [0.3, 0.4) is 0 Å². The lowest BCUT2D eigenvalue weighted by atomic mass is 10.1. The highest BCUT2D eigenvalue weighted by Crippen LogP contribution is 2.39. The molecule has 1 aromatic heterocycles. The first-order valence-electron chi connectivity index (χ1n) is 5.73. The van der Waals surface area contributed by atoms with Crippen LogP contribution in [0.2, 0.25) is 0 Å². The molecule has 0 spiro atoms. The highest BCUT2D eigenvalue weighted by molar-refractivity contribution is 7.99. The normalized spacial score (nSPS) is 20.5. The Hall–Kier alpha value is -1.04. The summed E-state index contributed by atoms with van der Waals surface area (Å²) in [5.41, 5.74) is 0.567. The van der Waals surface area contributed by atoms with E-state index < -0.39 is 11.6 Å². The van der Waals surface area contributed by atoms with Gasteiger partial charge < -0.3 is 4.74 Å². The van der Waals surface area contributed by atoms with Crippen LogP contribution >= 0.6 is 11.8 Å². The van der Waals surface area contributed by atoms with Gasteiger partial charge in [-0.3, -0.25) is 0 Å². The predicted molar refractivity (Wildman–Crippen MR) is 66.0 cm³/mol. The summed E-state index contributed by atoms with van der Waals surface area (Å²) in [7, 11) is 0. The quantitative estimate of drug-likeness (QED) is 0.821. The van der Waals surface area contributed by atoms with Crippen molar-refractivity contribution in [2.24, 2.45) is 0 Å². The van der Waals surface area contributed by atoms with E-state index in [4.69, 9.17) is 4.74 Å². The third kappa shape index (κ3) is 3.00.